The van der Waals surface area contributed by atoms with Crippen LogP contribution in [0.25, 0.3) is 0 Å². The maximum Gasteiger partial charge on any atom is 0.340 e. The van der Waals surface area contributed by atoms with Gasteiger partial charge < -0.3 is 20.4 Å². The average Bonchev–Trinajstić information content (AvgIpc) is 2.33. The zero-order chi connectivity index (χ0) is 15.3. The summed E-state index contributed by atoms with van der Waals surface area (Å²) in [7, 11) is 0. The molecule has 0 saturated heterocycles. The van der Waals surface area contributed by atoms with Crippen LogP contribution in [0.2, 0.25) is 0 Å². The highest BCUT2D eigenvalue weighted by Gasteiger charge is 2.17. The van der Waals surface area contributed by atoms with E-state index in [0.29, 0.717) is 16.8 Å². The molecule has 3 N–H and O–H groups in total. The number of hydrogen-bond donors (Lipinski definition) is 2. The van der Waals surface area contributed by atoms with Crippen LogP contribution >= 0.6 is 0 Å². The Bertz CT molecular complexity index is 578. The van der Waals surface area contributed by atoms with Crippen molar-refractivity contribution in [2.24, 2.45) is 5.73 Å². The van der Waals surface area contributed by atoms with E-state index in [-0.39, 0.29) is 25.3 Å². The lowest BCUT2D eigenvalue weighted by atomic mass is 10.1. The maximum atomic E-state index is 11.9. The molecular weight excluding hydrogens is 262 g/mol. The van der Waals surface area contributed by atoms with Crippen LogP contribution in [0.5, 0.6) is 0 Å². The van der Waals surface area contributed by atoms with Gasteiger partial charge in [0.2, 0.25) is 0 Å². The quantitative estimate of drug-likeness (QED) is 0.758. The smallest absolute Gasteiger partial charge is 0.340 e. The number of nitrogens with one attached hydrogen (secondary N) is 1. The van der Waals surface area contributed by atoms with E-state index in [4.69, 9.17) is 10.5 Å². The first-order chi connectivity index (χ1) is 9.38. The van der Waals surface area contributed by atoms with Gasteiger partial charge in [-0.2, -0.15) is 0 Å². The van der Waals surface area contributed by atoms with Gasteiger partial charge in [-0.3, -0.25) is 4.79 Å². The largest absolute Gasteiger partial charge is 0.462 e. The molecule has 0 spiro atoms. The number of amides is 2. The lowest BCUT2D eigenvalue weighted by Gasteiger charge is -2.15. The molecule has 2 amide bonds. The van der Waals surface area contributed by atoms with Gasteiger partial charge in [-0.05, 0) is 26.3 Å². The fourth-order valence-corrected chi connectivity index (χ4v) is 2.00. The number of rotatable bonds is 5. The minimum absolute atomic E-state index is 0.210. The van der Waals surface area contributed by atoms with Crippen molar-refractivity contribution in [3.63, 3.8) is 0 Å². The molecule has 1 aromatic heterocycles. The number of nitrogens with zero attached hydrogens (tertiary/aromatic N) is 1. The van der Waals surface area contributed by atoms with E-state index in [9.17, 15) is 14.4 Å². The number of hydrogen-bond acceptors (Lipinski definition) is 4. The standard InChI is InChI=1S/C13H19N3O4/c1-4-20-12(18)11-8(2)7-10(17)16(9(11)3)6-5-15-13(14)19/h7H,4-6H2,1-3H3,(H3,14,15,19). The van der Waals surface area contributed by atoms with Crippen LogP contribution in [-0.4, -0.2) is 29.7 Å². The zero-order valence-electron chi connectivity index (χ0n) is 11.9. The van der Waals surface area contributed by atoms with Crippen molar-refractivity contribution in [1.29, 1.82) is 0 Å². The summed E-state index contributed by atoms with van der Waals surface area (Å²) in [5.74, 6) is -0.459. The molecule has 0 atom stereocenters. The molecule has 0 unspecified atom stereocenters. The summed E-state index contributed by atoms with van der Waals surface area (Å²) in [6, 6.07) is 0.720. The van der Waals surface area contributed by atoms with Crippen molar-refractivity contribution < 1.29 is 14.3 Å². The molecule has 1 aromatic rings. The Labute approximate surface area is 116 Å². The van der Waals surface area contributed by atoms with Gasteiger partial charge in [-0.15, -0.1) is 0 Å². The summed E-state index contributed by atoms with van der Waals surface area (Å²) in [6.45, 7) is 5.79. The third kappa shape index (κ3) is 3.59. The van der Waals surface area contributed by atoms with Crippen LogP contribution in [-0.2, 0) is 11.3 Å². The van der Waals surface area contributed by atoms with E-state index in [1.807, 2.05) is 0 Å². The minimum Gasteiger partial charge on any atom is -0.462 e. The SMILES string of the molecule is CCOC(=O)c1c(C)cc(=O)n(CCNC(N)=O)c1C. The summed E-state index contributed by atoms with van der Waals surface area (Å²) in [5.41, 5.74) is 6.19. The van der Waals surface area contributed by atoms with E-state index in [1.54, 1.807) is 20.8 Å². The zero-order valence-corrected chi connectivity index (χ0v) is 11.9. The van der Waals surface area contributed by atoms with Crippen molar-refractivity contribution in [2.45, 2.75) is 27.3 Å². The van der Waals surface area contributed by atoms with Gasteiger partial charge in [0.15, 0.2) is 0 Å². The van der Waals surface area contributed by atoms with Gasteiger partial charge >= 0.3 is 12.0 Å². The molecule has 0 radical (unpaired) electrons. The van der Waals surface area contributed by atoms with E-state index in [0.717, 1.165) is 0 Å². The third-order valence-corrected chi connectivity index (χ3v) is 2.88. The van der Waals surface area contributed by atoms with Crippen LogP contribution in [0, 0.1) is 13.8 Å². The van der Waals surface area contributed by atoms with Crippen molar-refractivity contribution in [3.8, 4) is 0 Å². The van der Waals surface area contributed by atoms with Crippen LogP contribution in [0.3, 0.4) is 0 Å². The summed E-state index contributed by atoms with van der Waals surface area (Å²) >= 11 is 0. The summed E-state index contributed by atoms with van der Waals surface area (Å²) in [6.07, 6.45) is 0. The van der Waals surface area contributed by atoms with E-state index >= 15 is 0 Å². The molecule has 0 bridgehead atoms. The molecule has 1 rings (SSSR count). The summed E-state index contributed by atoms with van der Waals surface area (Å²) in [4.78, 5) is 34.5. The number of ether oxygens (including phenoxy) is 1. The molecule has 7 heteroatoms. The van der Waals surface area contributed by atoms with Crippen molar-refractivity contribution in [1.82, 2.24) is 9.88 Å². The van der Waals surface area contributed by atoms with Crippen LogP contribution in [0.4, 0.5) is 4.79 Å². The normalized spacial score (nSPS) is 10.2. The van der Waals surface area contributed by atoms with Gasteiger partial charge in [0.1, 0.15) is 0 Å². The van der Waals surface area contributed by atoms with Gasteiger partial charge in [0.05, 0.1) is 12.2 Å². The Kier molecular flexibility index (Phi) is 5.31. The number of aryl methyl sites for hydroxylation is 1. The molecule has 0 aromatic carbocycles. The van der Waals surface area contributed by atoms with Crippen LogP contribution < -0.4 is 16.6 Å². The molecular formula is C13H19N3O4. The predicted octanol–water partition coefficient (Wildman–Crippen LogP) is 0.310. The topological polar surface area (TPSA) is 103 Å². The molecule has 0 aliphatic heterocycles. The second kappa shape index (κ2) is 6.74. The fourth-order valence-electron chi connectivity index (χ4n) is 2.00. The van der Waals surface area contributed by atoms with Crippen LogP contribution in [0.1, 0.15) is 28.5 Å². The number of urea groups is 1. The lowest BCUT2D eigenvalue weighted by molar-refractivity contribution is 0.0523. The number of aromatic nitrogens is 1. The van der Waals surface area contributed by atoms with Gasteiger partial charge in [0.25, 0.3) is 5.56 Å². The van der Waals surface area contributed by atoms with Gasteiger partial charge in [-0.1, -0.05) is 0 Å². The molecule has 1 heterocycles. The summed E-state index contributed by atoms with van der Waals surface area (Å²) in [5, 5.41) is 2.40. The Hall–Kier alpha value is -2.31. The first kappa shape index (κ1) is 15.7. The fraction of sp³-hybridized carbons (Fsp3) is 0.462. The van der Waals surface area contributed by atoms with Gasteiger partial charge in [0, 0.05) is 24.8 Å². The molecule has 0 aliphatic carbocycles. The Morgan fingerprint density at radius 3 is 2.60 bits per heavy atom. The average molecular weight is 281 g/mol. The first-order valence-corrected chi connectivity index (χ1v) is 6.30. The Morgan fingerprint density at radius 2 is 2.05 bits per heavy atom. The highest BCUT2D eigenvalue weighted by atomic mass is 16.5. The lowest BCUT2D eigenvalue weighted by Crippen LogP contribution is -2.35. The molecule has 0 fully saturated rings. The third-order valence-electron chi connectivity index (χ3n) is 2.88. The Balaban J connectivity index is 3.12. The number of esters is 1. The molecule has 7 nitrogen and oxygen atoms in total. The van der Waals surface area contributed by atoms with E-state index in [1.165, 1.54) is 10.6 Å². The minimum atomic E-state index is -0.659. The second-order valence-electron chi connectivity index (χ2n) is 4.29. The van der Waals surface area contributed by atoms with E-state index < -0.39 is 12.0 Å². The van der Waals surface area contributed by atoms with Crippen LogP contribution in [0.15, 0.2) is 10.9 Å². The van der Waals surface area contributed by atoms with Gasteiger partial charge in [-0.25, -0.2) is 9.59 Å². The number of pyridine rings is 1. The second-order valence-corrected chi connectivity index (χ2v) is 4.29. The van der Waals surface area contributed by atoms with E-state index in [2.05, 4.69) is 5.32 Å². The summed E-state index contributed by atoms with van der Waals surface area (Å²) < 4.78 is 6.40. The molecule has 0 aliphatic rings. The van der Waals surface area contributed by atoms with Crippen molar-refractivity contribution in [3.05, 3.63) is 33.2 Å². The predicted molar refractivity (Wildman–Crippen MR) is 73.7 cm³/mol. The molecule has 0 saturated carbocycles. The van der Waals surface area contributed by atoms with Crippen molar-refractivity contribution in [2.75, 3.05) is 13.2 Å². The number of nitrogens with two attached hydrogens (primary N) is 1. The monoisotopic (exact) mass is 281 g/mol. The number of carbonyl (C=O) groups is 2. The molecule has 110 valence electrons. The highest BCUT2D eigenvalue weighted by molar-refractivity contribution is 5.92. The first-order valence-electron chi connectivity index (χ1n) is 6.30. The maximum absolute atomic E-state index is 11.9. The van der Waals surface area contributed by atoms with Crippen molar-refractivity contribution >= 4 is 12.0 Å². The highest BCUT2D eigenvalue weighted by Crippen LogP contribution is 2.12. The Morgan fingerprint density at radius 1 is 1.40 bits per heavy atom. The molecule has 20 heavy (non-hydrogen) atoms. The number of carbonyl (C=O) groups excluding carboxylic acids is 2. The number of primary amides is 1.